The molecule has 0 spiro atoms. The topological polar surface area (TPSA) is 58.6 Å². The third-order valence-electron chi connectivity index (χ3n) is 4.40. The second kappa shape index (κ2) is 10.2. The zero-order valence-electron chi connectivity index (χ0n) is 18.0. The Morgan fingerprint density at radius 1 is 1.10 bits per heavy atom. The largest absolute Gasteiger partial charge is 0.484 e. The molecule has 1 N–H and O–H groups in total. The smallest absolute Gasteiger partial charge is 0.261 e. The average molecular weight is 451 g/mol. The zero-order valence-corrected chi connectivity index (χ0v) is 19.5. The number of ether oxygens (including phenoxy) is 1. The Balaban J connectivity index is 2.21. The van der Waals surface area contributed by atoms with Gasteiger partial charge in [0.25, 0.3) is 5.91 Å². The minimum Gasteiger partial charge on any atom is -0.484 e. The van der Waals surface area contributed by atoms with Crippen molar-refractivity contribution in [3.8, 4) is 5.75 Å². The molecular formula is C23H28Cl2N2O3. The highest BCUT2D eigenvalue weighted by Crippen LogP contribution is 2.23. The Hall–Kier alpha value is -2.24. The number of aryl methyl sites for hydroxylation is 1. The molecule has 1 atom stereocenters. The first kappa shape index (κ1) is 24.0. The van der Waals surface area contributed by atoms with E-state index in [9.17, 15) is 9.59 Å². The van der Waals surface area contributed by atoms with Crippen LogP contribution < -0.4 is 10.1 Å². The first-order valence-electron chi connectivity index (χ1n) is 9.71. The van der Waals surface area contributed by atoms with Gasteiger partial charge in [0.05, 0.1) is 0 Å². The molecule has 0 aliphatic carbocycles. The van der Waals surface area contributed by atoms with Crippen LogP contribution in [0.4, 0.5) is 0 Å². The van der Waals surface area contributed by atoms with E-state index in [0.29, 0.717) is 21.4 Å². The van der Waals surface area contributed by atoms with Crippen LogP contribution in [0.15, 0.2) is 42.5 Å². The van der Waals surface area contributed by atoms with Crippen LogP contribution in [0.5, 0.6) is 5.75 Å². The number of carbonyl (C=O) groups excluding carboxylic acids is 2. The molecule has 2 rings (SSSR count). The second-order valence-electron chi connectivity index (χ2n) is 8.27. The fourth-order valence-corrected chi connectivity index (χ4v) is 3.22. The van der Waals surface area contributed by atoms with Gasteiger partial charge >= 0.3 is 0 Å². The molecule has 0 bridgehead atoms. The van der Waals surface area contributed by atoms with Crippen molar-refractivity contribution in [2.24, 2.45) is 0 Å². The van der Waals surface area contributed by atoms with Gasteiger partial charge < -0.3 is 15.0 Å². The van der Waals surface area contributed by atoms with Crippen molar-refractivity contribution in [3.63, 3.8) is 0 Å². The van der Waals surface area contributed by atoms with Gasteiger partial charge in [0.15, 0.2) is 6.61 Å². The van der Waals surface area contributed by atoms with E-state index in [4.69, 9.17) is 27.9 Å². The third kappa shape index (κ3) is 7.22. The van der Waals surface area contributed by atoms with E-state index in [1.165, 1.54) is 4.90 Å². The SMILES string of the molecule is Cc1ccc(OCC(=O)N(Cc2ccc(Cl)cc2Cl)C(C)C(=O)NC(C)(C)C)cc1. The Morgan fingerprint density at radius 3 is 2.30 bits per heavy atom. The lowest BCUT2D eigenvalue weighted by molar-refractivity contribution is -0.142. The summed E-state index contributed by atoms with van der Waals surface area (Å²) in [5.41, 5.74) is 1.37. The molecule has 2 aromatic rings. The van der Waals surface area contributed by atoms with Crippen LogP contribution in [0.1, 0.15) is 38.8 Å². The minimum atomic E-state index is -0.718. The van der Waals surface area contributed by atoms with Gasteiger partial charge in [-0.3, -0.25) is 9.59 Å². The van der Waals surface area contributed by atoms with Crippen molar-refractivity contribution in [2.75, 3.05) is 6.61 Å². The van der Waals surface area contributed by atoms with Crippen molar-refractivity contribution in [2.45, 2.75) is 52.7 Å². The molecule has 0 heterocycles. The molecule has 7 heteroatoms. The van der Waals surface area contributed by atoms with Crippen LogP contribution in [0.2, 0.25) is 10.0 Å². The summed E-state index contributed by atoms with van der Waals surface area (Å²) < 4.78 is 5.64. The number of benzene rings is 2. The maximum atomic E-state index is 13.0. The van der Waals surface area contributed by atoms with E-state index in [-0.39, 0.29) is 25.0 Å². The highest BCUT2D eigenvalue weighted by molar-refractivity contribution is 6.35. The summed E-state index contributed by atoms with van der Waals surface area (Å²) >= 11 is 12.3. The van der Waals surface area contributed by atoms with Crippen molar-refractivity contribution >= 4 is 35.0 Å². The van der Waals surface area contributed by atoms with Gasteiger partial charge in [-0.2, -0.15) is 0 Å². The Morgan fingerprint density at radius 2 is 1.73 bits per heavy atom. The molecule has 0 saturated carbocycles. The van der Waals surface area contributed by atoms with Gasteiger partial charge in [-0.25, -0.2) is 0 Å². The molecule has 0 aliphatic rings. The van der Waals surface area contributed by atoms with Crippen LogP contribution >= 0.6 is 23.2 Å². The molecule has 0 aromatic heterocycles. The summed E-state index contributed by atoms with van der Waals surface area (Å²) in [5.74, 6) is 0.0136. The fourth-order valence-electron chi connectivity index (χ4n) is 2.75. The summed E-state index contributed by atoms with van der Waals surface area (Å²) in [5, 5.41) is 3.85. The van der Waals surface area contributed by atoms with E-state index in [1.54, 1.807) is 37.3 Å². The molecule has 162 valence electrons. The molecule has 0 saturated heterocycles. The van der Waals surface area contributed by atoms with Crippen LogP contribution in [-0.2, 0) is 16.1 Å². The van der Waals surface area contributed by atoms with Crippen molar-refractivity contribution < 1.29 is 14.3 Å². The molecule has 5 nitrogen and oxygen atoms in total. The predicted octanol–water partition coefficient (Wildman–Crippen LogP) is 5.01. The molecule has 2 amide bonds. The number of hydrogen-bond donors (Lipinski definition) is 1. The summed E-state index contributed by atoms with van der Waals surface area (Å²) in [6, 6.07) is 11.8. The standard InChI is InChI=1S/C23H28Cl2N2O3/c1-15-6-10-19(11-7-15)30-14-21(28)27(16(2)22(29)26-23(3,4)5)13-17-8-9-18(24)12-20(17)25/h6-12,16H,13-14H2,1-5H3,(H,26,29). The molecule has 2 aromatic carbocycles. The van der Waals surface area contributed by atoms with Crippen LogP contribution in [0.3, 0.4) is 0 Å². The van der Waals surface area contributed by atoms with E-state index in [0.717, 1.165) is 5.56 Å². The van der Waals surface area contributed by atoms with Crippen molar-refractivity contribution in [3.05, 3.63) is 63.6 Å². The summed E-state index contributed by atoms with van der Waals surface area (Å²) in [6.45, 7) is 9.30. The number of nitrogens with one attached hydrogen (secondary N) is 1. The van der Waals surface area contributed by atoms with E-state index >= 15 is 0 Å². The monoisotopic (exact) mass is 450 g/mol. The maximum Gasteiger partial charge on any atom is 0.261 e. The van der Waals surface area contributed by atoms with Crippen LogP contribution in [0, 0.1) is 6.92 Å². The molecule has 0 fully saturated rings. The molecule has 0 radical (unpaired) electrons. The first-order valence-corrected chi connectivity index (χ1v) is 10.5. The highest BCUT2D eigenvalue weighted by atomic mass is 35.5. The van der Waals surface area contributed by atoms with Gasteiger partial charge in [-0.05, 0) is 64.4 Å². The van der Waals surface area contributed by atoms with Crippen molar-refractivity contribution in [1.82, 2.24) is 10.2 Å². The lowest BCUT2D eigenvalue weighted by atomic mass is 10.1. The van der Waals surface area contributed by atoms with E-state index < -0.39 is 11.6 Å². The normalized spacial score (nSPS) is 12.2. The van der Waals surface area contributed by atoms with Crippen molar-refractivity contribution in [1.29, 1.82) is 0 Å². The Labute approximate surface area is 188 Å². The average Bonchev–Trinajstić information content (AvgIpc) is 2.65. The Bertz CT molecular complexity index is 892. The van der Waals surface area contributed by atoms with Gasteiger partial charge in [0, 0.05) is 22.1 Å². The van der Waals surface area contributed by atoms with Crippen LogP contribution in [0.25, 0.3) is 0 Å². The lowest BCUT2D eigenvalue weighted by Gasteiger charge is -2.31. The third-order valence-corrected chi connectivity index (χ3v) is 4.99. The quantitative estimate of drug-likeness (QED) is 0.644. The zero-order chi connectivity index (χ0) is 22.5. The van der Waals surface area contributed by atoms with E-state index in [1.807, 2.05) is 39.8 Å². The highest BCUT2D eigenvalue weighted by Gasteiger charge is 2.29. The van der Waals surface area contributed by atoms with Gasteiger partial charge in [0.2, 0.25) is 5.91 Å². The number of halogens is 2. The lowest BCUT2D eigenvalue weighted by Crippen LogP contribution is -2.53. The number of rotatable bonds is 7. The van der Waals surface area contributed by atoms with Crippen LogP contribution in [-0.4, -0.2) is 34.9 Å². The Kier molecular flexibility index (Phi) is 8.16. The molecule has 30 heavy (non-hydrogen) atoms. The second-order valence-corrected chi connectivity index (χ2v) is 9.12. The predicted molar refractivity (Wildman–Crippen MR) is 121 cm³/mol. The first-order chi connectivity index (χ1) is 14.0. The molecular weight excluding hydrogens is 423 g/mol. The van der Waals surface area contributed by atoms with Gasteiger partial charge in [-0.1, -0.05) is 47.0 Å². The van der Waals surface area contributed by atoms with Gasteiger partial charge in [0.1, 0.15) is 11.8 Å². The summed E-state index contributed by atoms with van der Waals surface area (Å²) in [4.78, 5) is 27.2. The summed E-state index contributed by atoms with van der Waals surface area (Å²) in [6.07, 6.45) is 0. The molecule has 0 aliphatic heterocycles. The molecule has 1 unspecified atom stereocenters. The van der Waals surface area contributed by atoms with Gasteiger partial charge in [-0.15, -0.1) is 0 Å². The number of hydrogen-bond acceptors (Lipinski definition) is 3. The number of carbonyl (C=O) groups is 2. The maximum absolute atomic E-state index is 13.0. The van der Waals surface area contributed by atoms with E-state index in [2.05, 4.69) is 5.32 Å². The number of amides is 2. The fraction of sp³-hybridized carbons (Fsp3) is 0.391. The summed E-state index contributed by atoms with van der Waals surface area (Å²) in [7, 11) is 0. The number of nitrogens with zero attached hydrogens (tertiary/aromatic N) is 1. The minimum absolute atomic E-state index is 0.158.